The van der Waals surface area contributed by atoms with Gasteiger partial charge in [0, 0.05) is 23.9 Å². The fraction of sp³-hybridized carbons (Fsp3) is 0.458. The number of alkyl halides is 3. The van der Waals surface area contributed by atoms with Crippen molar-refractivity contribution < 1.29 is 27.4 Å². The summed E-state index contributed by atoms with van der Waals surface area (Å²) in [6, 6.07) is 6.20. The number of aromatic nitrogens is 1. The molecule has 3 rings (SSSR count). The molecule has 0 spiro atoms. The number of likely N-dealkylation sites (N-methyl/N-ethyl adjacent to an activating group) is 1. The molecule has 0 bridgehead atoms. The molecule has 5 nitrogen and oxygen atoms in total. The minimum absolute atomic E-state index is 0.0415. The van der Waals surface area contributed by atoms with E-state index in [1.807, 2.05) is 25.9 Å². The molecule has 33 heavy (non-hydrogen) atoms. The summed E-state index contributed by atoms with van der Waals surface area (Å²) in [6.07, 6.45) is -3.45. The molecular weight excluding hydrogens is 440 g/mol. The number of halogens is 4. The molecular formula is C24H28F4N2O3. The number of hydrogen-bond acceptors (Lipinski definition) is 4. The van der Waals surface area contributed by atoms with Crippen LogP contribution in [0.15, 0.2) is 35.1 Å². The minimum Gasteiger partial charge on any atom is -0.489 e. The Labute approximate surface area is 189 Å². The van der Waals surface area contributed by atoms with E-state index in [0.29, 0.717) is 37.3 Å². The maximum Gasteiger partial charge on any atom is 0.421 e. The summed E-state index contributed by atoms with van der Waals surface area (Å²) >= 11 is 0. The predicted molar refractivity (Wildman–Crippen MR) is 120 cm³/mol. The van der Waals surface area contributed by atoms with E-state index in [1.165, 1.54) is 28.8 Å². The van der Waals surface area contributed by atoms with Crippen molar-refractivity contribution >= 4 is 21.7 Å². The Morgan fingerprint density at radius 2 is 1.79 bits per heavy atom. The van der Waals surface area contributed by atoms with E-state index in [2.05, 4.69) is 0 Å². The first-order valence-electron chi connectivity index (χ1n) is 10.8. The zero-order valence-corrected chi connectivity index (χ0v) is 19.1. The van der Waals surface area contributed by atoms with Crippen LogP contribution in [0.1, 0.15) is 32.3 Å². The van der Waals surface area contributed by atoms with Gasteiger partial charge in [-0.05, 0) is 57.3 Å². The van der Waals surface area contributed by atoms with Crippen LogP contribution in [0.4, 0.5) is 17.6 Å². The van der Waals surface area contributed by atoms with Gasteiger partial charge in [-0.2, -0.15) is 13.2 Å². The van der Waals surface area contributed by atoms with Crippen molar-refractivity contribution in [3.8, 4) is 5.75 Å². The van der Waals surface area contributed by atoms with Crippen molar-refractivity contribution in [3.05, 3.63) is 52.1 Å². The van der Waals surface area contributed by atoms with Gasteiger partial charge in [0.1, 0.15) is 6.61 Å². The topological polar surface area (TPSA) is 54.7 Å². The molecule has 180 valence electrons. The Balaban J connectivity index is 2.31. The molecule has 0 radical (unpaired) electrons. The summed E-state index contributed by atoms with van der Waals surface area (Å²) < 4.78 is 62.2. The van der Waals surface area contributed by atoms with Gasteiger partial charge in [0.2, 0.25) is 0 Å². The number of nitrogens with zero attached hydrogens (tertiary/aromatic N) is 2. The van der Waals surface area contributed by atoms with E-state index >= 15 is 0 Å². The van der Waals surface area contributed by atoms with E-state index in [-0.39, 0.29) is 28.7 Å². The molecule has 2 aromatic carbocycles. The van der Waals surface area contributed by atoms with Crippen molar-refractivity contribution in [2.24, 2.45) is 0 Å². The van der Waals surface area contributed by atoms with E-state index in [4.69, 9.17) is 4.74 Å². The molecule has 0 aliphatic carbocycles. The van der Waals surface area contributed by atoms with Gasteiger partial charge in [0.15, 0.2) is 17.2 Å². The predicted octanol–water partition coefficient (Wildman–Crippen LogP) is 4.80. The Bertz CT molecular complexity index is 1220. The molecule has 1 heterocycles. The van der Waals surface area contributed by atoms with E-state index in [9.17, 15) is 27.5 Å². The smallest absolute Gasteiger partial charge is 0.421 e. The molecule has 0 saturated carbocycles. The number of ether oxygens (including phenoxy) is 1. The van der Waals surface area contributed by atoms with Gasteiger partial charge >= 0.3 is 6.18 Å². The maximum absolute atomic E-state index is 14.8. The average Bonchev–Trinajstić information content (AvgIpc) is 2.73. The largest absolute Gasteiger partial charge is 0.489 e. The highest BCUT2D eigenvalue weighted by Gasteiger charge is 2.51. The summed E-state index contributed by atoms with van der Waals surface area (Å²) in [6.45, 7) is 3.67. The van der Waals surface area contributed by atoms with Crippen LogP contribution in [0.3, 0.4) is 0 Å². The van der Waals surface area contributed by atoms with Crippen LogP contribution < -0.4 is 10.3 Å². The lowest BCUT2D eigenvalue weighted by Gasteiger charge is -2.27. The molecule has 9 heteroatoms. The maximum atomic E-state index is 14.8. The van der Waals surface area contributed by atoms with Crippen LogP contribution in [-0.2, 0) is 12.1 Å². The summed E-state index contributed by atoms with van der Waals surface area (Å²) in [5, 5.41) is 10.8. The van der Waals surface area contributed by atoms with Crippen molar-refractivity contribution in [2.45, 2.75) is 45.0 Å². The SMILES string of the molecule is CCCCn1c(=O)c2cc(F)c(OCCN(C)C)cc2c2cc(C(C)(O)C(F)(F)F)ccc21. The van der Waals surface area contributed by atoms with E-state index in [1.54, 1.807) is 0 Å². The average molecular weight is 468 g/mol. The van der Waals surface area contributed by atoms with Gasteiger partial charge in [-0.3, -0.25) is 4.79 Å². The third kappa shape index (κ3) is 4.84. The number of aliphatic hydroxyl groups is 1. The summed E-state index contributed by atoms with van der Waals surface area (Å²) in [5.74, 6) is -0.817. The Kier molecular flexibility index (Phi) is 7.04. The van der Waals surface area contributed by atoms with Gasteiger partial charge < -0.3 is 19.3 Å². The van der Waals surface area contributed by atoms with Crippen LogP contribution in [0.25, 0.3) is 21.7 Å². The third-order valence-corrected chi connectivity index (χ3v) is 5.77. The molecule has 1 unspecified atom stereocenters. The number of aryl methyl sites for hydroxylation is 1. The van der Waals surface area contributed by atoms with Crippen LogP contribution in [0, 0.1) is 5.82 Å². The lowest BCUT2D eigenvalue weighted by molar-refractivity contribution is -0.258. The van der Waals surface area contributed by atoms with Gasteiger partial charge in [-0.1, -0.05) is 19.4 Å². The van der Waals surface area contributed by atoms with Gasteiger partial charge in [-0.25, -0.2) is 4.39 Å². The molecule has 1 N–H and O–H groups in total. The lowest BCUT2D eigenvalue weighted by atomic mass is 9.92. The highest BCUT2D eigenvalue weighted by atomic mass is 19.4. The first-order valence-corrected chi connectivity index (χ1v) is 10.8. The Morgan fingerprint density at radius 1 is 1.09 bits per heavy atom. The molecule has 0 saturated heterocycles. The van der Waals surface area contributed by atoms with Crippen LogP contribution in [-0.4, -0.2) is 48.0 Å². The molecule has 1 atom stereocenters. The second-order valence-electron chi connectivity index (χ2n) is 8.59. The Hall–Kier alpha value is -2.65. The third-order valence-electron chi connectivity index (χ3n) is 5.77. The van der Waals surface area contributed by atoms with Gasteiger partial charge in [0.25, 0.3) is 5.56 Å². The quantitative estimate of drug-likeness (QED) is 0.381. The molecule has 0 aliphatic rings. The first-order chi connectivity index (χ1) is 15.4. The summed E-state index contributed by atoms with van der Waals surface area (Å²) in [7, 11) is 3.67. The van der Waals surface area contributed by atoms with Crippen molar-refractivity contribution in [1.29, 1.82) is 0 Å². The van der Waals surface area contributed by atoms with E-state index < -0.39 is 23.2 Å². The normalized spacial score (nSPS) is 14.2. The fourth-order valence-electron chi connectivity index (χ4n) is 3.65. The van der Waals surface area contributed by atoms with Crippen molar-refractivity contribution in [3.63, 3.8) is 0 Å². The summed E-state index contributed by atoms with van der Waals surface area (Å²) in [4.78, 5) is 15.0. The summed E-state index contributed by atoms with van der Waals surface area (Å²) in [5.41, 5.74) is -3.49. The van der Waals surface area contributed by atoms with Gasteiger partial charge in [-0.15, -0.1) is 0 Å². The lowest BCUT2D eigenvalue weighted by Crippen LogP contribution is -2.39. The van der Waals surface area contributed by atoms with Crippen LogP contribution >= 0.6 is 0 Å². The minimum atomic E-state index is -4.90. The molecule has 0 aliphatic heterocycles. The number of hydrogen-bond donors (Lipinski definition) is 1. The highest BCUT2D eigenvalue weighted by molar-refractivity contribution is 6.06. The van der Waals surface area contributed by atoms with Crippen molar-refractivity contribution in [2.75, 3.05) is 27.2 Å². The Morgan fingerprint density at radius 3 is 2.39 bits per heavy atom. The van der Waals surface area contributed by atoms with E-state index in [0.717, 1.165) is 12.5 Å². The fourth-order valence-corrected chi connectivity index (χ4v) is 3.65. The zero-order chi connectivity index (χ0) is 24.6. The van der Waals surface area contributed by atoms with Crippen LogP contribution in [0.5, 0.6) is 5.75 Å². The number of unbranched alkanes of at least 4 members (excludes halogenated alkanes) is 1. The number of fused-ring (bicyclic) bond motifs is 3. The van der Waals surface area contributed by atoms with Gasteiger partial charge in [0.05, 0.1) is 10.9 Å². The monoisotopic (exact) mass is 468 g/mol. The van der Waals surface area contributed by atoms with Crippen molar-refractivity contribution in [1.82, 2.24) is 9.47 Å². The molecule has 0 fully saturated rings. The molecule has 0 amide bonds. The highest BCUT2D eigenvalue weighted by Crippen LogP contribution is 2.40. The zero-order valence-electron chi connectivity index (χ0n) is 19.1. The number of rotatable bonds is 8. The second-order valence-corrected chi connectivity index (χ2v) is 8.59. The first kappa shape index (κ1) is 25.0. The number of benzene rings is 2. The second kappa shape index (κ2) is 9.30. The number of pyridine rings is 1. The standard InChI is InChI=1S/C24H28F4N2O3/c1-5-6-9-30-20-8-7-15(23(2,32)24(26,27)28)12-17(20)16-14-21(33-11-10-29(3)4)19(25)13-18(16)22(30)31/h7-8,12-14,32H,5-6,9-11H2,1-4H3. The molecule has 1 aromatic heterocycles. The van der Waals surface area contributed by atoms with Crippen LogP contribution in [0.2, 0.25) is 0 Å². The molecule has 3 aromatic rings.